The Labute approximate surface area is 144 Å². The van der Waals surface area contributed by atoms with Crippen LogP contribution in [-0.4, -0.2) is 15.9 Å². The summed E-state index contributed by atoms with van der Waals surface area (Å²) in [7, 11) is 0. The molecule has 3 aromatic heterocycles. The fourth-order valence-corrected chi connectivity index (χ4v) is 2.88. The predicted octanol–water partition coefficient (Wildman–Crippen LogP) is 3.68. The largest absolute Gasteiger partial charge is 0.472 e. The van der Waals surface area contributed by atoms with Crippen molar-refractivity contribution in [2.24, 2.45) is 0 Å². The first kappa shape index (κ1) is 15.2. The summed E-state index contributed by atoms with van der Waals surface area (Å²) in [5.41, 5.74) is 4.93. The number of pyridine rings is 1. The van der Waals surface area contributed by atoms with Crippen LogP contribution in [0.2, 0.25) is 0 Å². The zero-order valence-corrected chi connectivity index (χ0v) is 13.5. The van der Waals surface area contributed by atoms with Gasteiger partial charge in [0.25, 0.3) is 0 Å². The highest BCUT2D eigenvalue weighted by Crippen LogP contribution is 2.20. The number of nitrogens with zero attached hydrogens (tertiary/aromatic N) is 1. The van der Waals surface area contributed by atoms with Crippen LogP contribution in [0, 0.1) is 0 Å². The van der Waals surface area contributed by atoms with E-state index in [1.807, 2.05) is 42.6 Å². The van der Waals surface area contributed by atoms with E-state index < -0.39 is 0 Å². The van der Waals surface area contributed by atoms with Gasteiger partial charge in [-0.15, -0.1) is 0 Å². The SMILES string of the molecule is O=C(Cc1c[nH]c2ccccc12)NCc1cncc(-c2ccoc2)c1. The van der Waals surface area contributed by atoms with Crippen molar-refractivity contribution in [3.05, 3.63) is 78.6 Å². The van der Waals surface area contributed by atoms with Crippen molar-refractivity contribution in [1.29, 1.82) is 0 Å². The summed E-state index contributed by atoms with van der Waals surface area (Å²) in [5, 5.41) is 4.04. The molecule has 0 spiro atoms. The number of carbonyl (C=O) groups excluding carboxylic acids is 1. The number of furan rings is 1. The zero-order chi connectivity index (χ0) is 17.1. The number of carbonyl (C=O) groups is 1. The molecule has 25 heavy (non-hydrogen) atoms. The van der Waals surface area contributed by atoms with Gasteiger partial charge in [-0.3, -0.25) is 9.78 Å². The van der Waals surface area contributed by atoms with Gasteiger partial charge in [0.15, 0.2) is 0 Å². The van der Waals surface area contributed by atoms with Crippen molar-refractivity contribution >= 4 is 16.8 Å². The third kappa shape index (κ3) is 3.30. The minimum atomic E-state index is -0.0153. The highest BCUT2D eigenvalue weighted by Gasteiger charge is 2.09. The number of rotatable bonds is 5. The number of benzene rings is 1. The first-order valence-electron chi connectivity index (χ1n) is 8.08. The van der Waals surface area contributed by atoms with Crippen LogP contribution in [0.15, 0.2) is 71.9 Å². The second-order valence-electron chi connectivity index (χ2n) is 5.91. The van der Waals surface area contributed by atoms with Crippen molar-refractivity contribution in [3.8, 4) is 11.1 Å². The minimum Gasteiger partial charge on any atom is -0.472 e. The molecule has 4 rings (SSSR count). The molecule has 0 fully saturated rings. The van der Waals surface area contributed by atoms with Gasteiger partial charge in [-0.1, -0.05) is 18.2 Å². The lowest BCUT2D eigenvalue weighted by atomic mass is 10.1. The summed E-state index contributed by atoms with van der Waals surface area (Å²) < 4.78 is 5.10. The number of aromatic nitrogens is 2. The van der Waals surface area contributed by atoms with Gasteiger partial charge in [0.2, 0.25) is 5.91 Å². The second kappa shape index (κ2) is 6.65. The third-order valence-corrected chi connectivity index (χ3v) is 4.16. The van der Waals surface area contributed by atoms with E-state index in [-0.39, 0.29) is 5.91 Å². The summed E-state index contributed by atoms with van der Waals surface area (Å²) in [6.07, 6.45) is 9.09. The van der Waals surface area contributed by atoms with E-state index in [1.165, 1.54) is 0 Å². The summed E-state index contributed by atoms with van der Waals surface area (Å²) in [6.45, 7) is 0.444. The molecule has 5 nitrogen and oxygen atoms in total. The number of nitrogens with one attached hydrogen (secondary N) is 2. The van der Waals surface area contributed by atoms with E-state index in [1.54, 1.807) is 24.9 Å². The Morgan fingerprint density at radius 3 is 2.96 bits per heavy atom. The van der Waals surface area contributed by atoms with E-state index >= 15 is 0 Å². The quantitative estimate of drug-likeness (QED) is 0.586. The average Bonchev–Trinajstić information content (AvgIpc) is 3.31. The minimum absolute atomic E-state index is 0.0153. The van der Waals surface area contributed by atoms with Crippen LogP contribution in [0.5, 0.6) is 0 Å². The molecule has 4 aromatic rings. The van der Waals surface area contributed by atoms with Gasteiger partial charge in [0.1, 0.15) is 0 Å². The predicted molar refractivity (Wildman–Crippen MR) is 95.8 cm³/mol. The molecule has 1 aromatic carbocycles. The molecule has 0 bridgehead atoms. The molecule has 3 heterocycles. The van der Waals surface area contributed by atoms with Crippen LogP contribution in [0.25, 0.3) is 22.0 Å². The fourth-order valence-electron chi connectivity index (χ4n) is 2.88. The van der Waals surface area contributed by atoms with Gasteiger partial charge < -0.3 is 14.7 Å². The molecule has 124 valence electrons. The van der Waals surface area contributed by atoms with E-state index in [0.717, 1.165) is 33.2 Å². The molecule has 0 unspecified atom stereocenters. The molecule has 0 saturated heterocycles. The number of hydrogen-bond acceptors (Lipinski definition) is 3. The van der Waals surface area contributed by atoms with Gasteiger partial charge in [-0.25, -0.2) is 0 Å². The summed E-state index contributed by atoms with van der Waals surface area (Å²) in [4.78, 5) is 19.7. The standard InChI is InChI=1S/C20H17N3O2/c24-20(8-17-12-22-19-4-2-1-3-18(17)19)23-10-14-7-16(11-21-9-14)15-5-6-25-13-15/h1-7,9,11-13,22H,8,10H2,(H,23,24). The van der Waals surface area contributed by atoms with Crippen molar-refractivity contribution in [2.75, 3.05) is 0 Å². The normalized spacial score (nSPS) is 10.9. The zero-order valence-electron chi connectivity index (χ0n) is 13.5. The Hall–Kier alpha value is -3.34. The Morgan fingerprint density at radius 2 is 2.08 bits per heavy atom. The molecule has 2 N–H and O–H groups in total. The van der Waals surface area contributed by atoms with Crippen molar-refractivity contribution < 1.29 is 9.21 Å². The highest BCUT2D eigenvalue weighted by atomic mass is 16.3. The molecule has 1 amide bonds. The van der Waals surface area contributed by atoms with Crippen LogP contribution in [0.3, 0.4) is 0 Å². The third-order valence-electron chi connectivity index (χ3n) is 4.16. The molecular formula is C20H17N3O2. The number of aromatic amines is 1. The molecule has 0 aliphatic heterocycles. The Balaban J connectivity index is 1.41. The number of fused-ring (bicyclic) bond motifs is 1. The molecule has 5 heteroatoms. The van der Waals surface area contributed by atoms with Crippen LogP contribution in [-0.2, 0) is 17.8 Å². The lowest BCUT2D eigenvalue weighted by molar-refractivity contribution is -0.120. The number of amides is 1. The fraction of sp³-hybridized carbons (Fsp3) is 0.100. The Kier molecular flexibility index (Phi) is 4.04. The van der Waals surface area contributed by atoms with Crippen molar-refractivity contribution in [2.45, 2.75) is 13.0 Å². The maximum Gasteiger partial charge on any atom is 0.224 e. The highest BCUT2D eigenvalue weighted by molar-refractivity contribution is 5.88. The summed E-state index contributed by atoms with van der Waals surface area (Å²) in [5.74, 6) is -0.0153. The topological polar surface area (TPSA) is 70.9 Å². The van der Waals surface area contributed by atoms with Crippen LogP contribution in [0.1, 0.15) is 11.1 Å². The maximum atomic E-state index is 12.3. The number of para-hydroxylation sites is 1. The summed E-state index contributed by atoms with van der Waals surface area (Å²) in [6, 6.07) is 11.9. The Bertz CT molecular complexity index is 1000. The van der Waals surface area contributed by atoms with Gasteiger partial charge in [0.05, 0.1) is 18.9 Å². The van der Waals surface area contributed by atoms with E-state index in [4.69, 9.17) is 4.42 Å². The van der Waals surface area contributed by atoms with Gasteiger partial charge >= 0.3 is 0 Å². The number of H-pyrrole nitrogens is 1. The van der Waals surface area contributed by atoms with E-state index in [2.05, 4.69) is 15.3 Å². The Morgan fingerprint density at radius 1 is 1.16 bits per heavy atom. The second-order valence-corrected chi connectivity index (χ2v) is 5.91. The first-order valence-corrected chi connectivity index (χ1v) is 8.08. The van der Waals surface area contributed by atoms with E-state index in [9.17, 15) is 4.79 Å². The van der Waals surface area contributed by atoms with Crippen LogP contribution < -0.4 is 5.32 Å². The molecule has 0 saturated carbocycles. The summed E-state index contributed by atoms with van der Waals surface area (Å²) >= 11 is 0. The van der Waals surface area contributed by atoms with Gasteiger partial charge in [-0.05, 0) is 29.3 Å². The average molecular weight is 331 g/mol. The van der Waals surface area contributed by atoms with Crippen LogP contribution >= 0.6 is 0 Å². The molecule has 0 aliphatic carbocycles. The van der Waals surface area contributed by atoms with Gasteiger partial charge in [0, 0.05) is 47.2 Å². The van der Waals surface area contributed by atoms with Crippen LogP contribution in [0.4, 0.5) is 0 Å². The van der Waals surface area contributed by atoms with Crippen molar-refractivity contribution in [1.82, 2.24) is 15.3 Å². The van der Waals surface area contributed by atoms with Crippen molar-refractivity contribution in [3.63, 3.8) is 0 Å². The smallest absolute Gasteiger partial charge is 0.224 e. The van der Waals surface area contributed by atoms with E-state index in [0.29, 0.717) is 13.0 Å². The lowest BCUT2D eigenvalue weighted by Crippen LogP contribution is -2.24. The molecule has 0 radical (unpaired) electrons. The lowest BCUT2D eigenvalue weighted by Gasteiger charge is -2.06. The maximum absolute atomic E-state index is 12.3. The monoisotopic (exact) mass is 331 g/mol. The molecular weight excluding hydrogens is 314 g/mol. The molecule has 0 aliphatic rings. The van der Waals surface area contributed by atoms with Gasteiger partial charge in [-0.2, -0.15) is 0 Å². The molecule has 0 atom stereocenters. The first-order chi connectivity index (χ1) is 12.3. The number of hydrogen-bond donors (Lipinski definition) is 2.